The normalized spacial score (nSPS) is 9.50. The van der Waals surface area contributed by atoms with E-state index in [2.05, 4.69) is 61.5 Å². The first-order chi connectivity index (χ1) is 8.92. The van der Waals surface area contributed by atoms with Crippen molar-refractivity contribution >= 4 is 0 Å². The van der Waals surface area contributed by atoms with Crippen molar-refractivity contribution in [1.29, 1.82) is 0 Å². The molecular weight excluding hydrogens is 216 g/mol. The third-order valence-electron chi connectivity index (χ3n) is 2.90. The Morgan fingerprint density at radius 1 is 0.778 bits per heavy atom. The Bertz CT molecular complexity index is 429. The number of hydrogen-bond donors (Lipinski definition) is 0. The van der Waals surface area contributed by atoms with Crippen molar-refractivity contribution in [2.24, 2.45) is 0 Å². The molecule has 0 heteroatoms. The van der Waals surface area contributed by atoms with Crippen molar-refractivity contribution in [2.75, 3.05) is 0 Å². The van der Waals surface area contributed by atoms with E-state index in [4.69, 9.17) is 0 Å². The van der Waals surface area contributed by atoms with Gasteiger partial charge in [-0.1, -0.05) is 81.8 Å². The van der Waals surface area contributed by atoms with Gasteiger partial charge >= 0.3 is 0 Å². The Kier molecular flexibility index (Phi) is 6.86. The molecule has 0 N–H and O–H groups in total. The first-order valence-electron chi connectivity index (χ1n) is 7.05. The zero-order chi connectivity index (χ0) is 13.2. The van der Waals surface area contributed by atoms with Gasteiger partial charge in [-0.25, -0.2) is 0 Å². The van der Waals surface area contributed by atoms with Crippen LogP contribution < -0.4 is 0 Å². The van der Waals surface area contributed by atoms with Crippen molar-refractivity contribution in [1.82, 2.24) is 0 Å². The smallest absolute Gasteiger partial charge is 0.0152 e. The lowest BCUT2D eigenvalue weighted by molar-refractivity contribution is 0.796. The summed E-state index contributed by atoms with van der Waals surface area (Å²) in [6, 6.07) is 19.4. The van der Waals surface area contributed by atoms with Crippen LogP contribution in [0.4, 0.5) is 0 Å². The molecule has 96 valence electrons. The standard InChI is InChI=1S/C16H18.C2H6/c1-2-3-9-14-12-7-8-13-16(14)15-10-5-4-6-11-15;1-2/h4-8,10-13H,2-3,9H2,1H3;1-2H3. The molecule has 0 nitrogen and oxygen atoms in total. The third kappa shape index (κ3) is 4.03. The summed E-state index contributed by atoms with van der Waals surface area (Å²) >= 11 is 0. The summed E-state index contributed by atoms with van der Waals surface area (Å²) in [7, 11) is 0. The van der Waals surface area contributed by atoms with Gasteiger partial charge in [-0.15, -0.1) is 0 Å². The van der Waals surface area contributed by atoms with E-state index < -0.39 is 0 Å². The molecule has 0 atom stereocenters. The van der Waals surface area contributed by atoms with Crippen LogP contribution in [0.15, 0.2) is 54.6 Å². The van der Waals surface area contributed by atoms with Crippen LogP contribution in [0.1, 0.15) is 39.2 Å². The minimum absolute atomic E-state index is 1.18. The number of hydrogen-bond acceptors (Lipinski definition) is 0. The van der Waals surface area contributed by atoms with Gasteiger partial charge in [0.2, 0.25) is 0 Å². The fraction of sp³-hybridized carbons (Fsp3) is 0.333. The van der Waals surface area contributed by atoms with Crippen LogP contribution in [-0.4, -0.2) is 0 Å². The van der Waals surface area contributed by atoms with Crippen LogP contribution in [0.2, 0.25) is 0 Å². The van der Waals surface area contributed by atoms with Gasteiger partial charge < -0.3 is 0 Å². The largest absolute Gasteiger partial charge is 0.0683 e. The molecule has 18 heavy (non-hydrogen) atoms. The second-order valence-electron chi connectivity index (χ2n) is 4.13. The predicted octanol–water partition coefficient (Wildman–Crippen LogP) is 5.72. The van der Waals surface area contributed by atoms with Crippen LogP contribution in [-0.2, 0) is 6.42 Å². The maximum atomic E-state index is 2.25. The summed E-state index contributed by atoms with van der Waals surface area (Å²) in [4.78, 5) is 0. The van der Waals surface area contributed by atoms with Gasteiger partial charge in [0.05, 0.1) is 0 Å². The second-order valence-corrected chi connectivity index (χ2v) is 4.13. The Morgan fingerprint density at radius 3 is 2.06 bits per heavy atom. The minimum Gasteiger partial charge on any atom is -0.0683 e. The highest BCUT2D eigenvalue weighted by Gasteiger charge is 2.02. The van der Waals surface area contributed by atoms with E-state index in [0.717, 1.165) is 0 Å². The molecule has 0 radical (unpaired) electrons. The SMILES string of the molecule is CC.CCCCc1ccccc1-c1ccccc1. The molecule has 0 bridgehead atoms. The van der Waals surface area contributed by atoms with Gasteiger partial charge in [-0.05, 0) is 29.5 Å². The first kappa shape index (κ1) is 14.5. The molecule has 0 unspecified atom stereocenters. The average molecular weight is 240 g/mol. The maximum Gasteiger partial charge on any atom is -0.0152 e. The highest BCUT2D eigenvalue weighted by molar-refractivity contribution is 5.67. The van der Waals surface area contributed by atoms with E-state index in [9.17, 15) is 0 Å². The topological polar surface area (TPSA) is 0 Å². The summed E-state index contributed by atoms with van der Waals surface area (Å²) in [5.41, 5.74) is 4.18. The molecule has 0 heterocycles. The lowest BCUT2D eigenvalue weighted by Gasteiger charge is -2.08. The Balaban J connectivity index is 0.000000771. The van der Waals surface area contributed by atoms with Gasteiger partial charge in [0.15, 0.2) is 0 Å². The first-order valence-corrected chi connectivity index (χ1v) is 7.05. The zero-order valence-electron chi connectivity index (χ0n) is 11.8. The molecule has 0 aromatic heterocycles. The molecule has 2 rings (SSSR count). The summed E-state index contributed by atoms with van der Waals surface area (Å²) in [5.74, 6) is 0. The molecule has 0 saturated carbocycles. The number of rotatable bonds is 4. The van der Waals surface area contributed by atoms with Gasteiger partial charge in [0.1, 0.15) is 0 Å². The zero-order valence-corrected chi connectivity index (χ0v) is 11.8. The van der Waals surface area contributed by atoms with E-state index in [0.29, 0.717) is 0 Å². The second kappa shape index (κ2) is 8.52. The predicted molar refractivity (Wildman–Crippen MR) is 81.8 cm³/mol. The van der Waals surface area contributed by atoms with E-state index in [1.807, 2.05) is 13.8 Å². The van der Waals surface area contributed by atoms with Crippen molar-refractivity contribution in [3.05, 3.63) is 60.2 Å². The summed E-state index contributed by atoms with van der Waals surface area (Å²) in [6.07, 6.45) is 3.70. The Labute approximate surface area is 112 Å². The molecule has 0 amide bonds. The molecule has 0 aliphatic carbocycles. The van der Waals surface area contributed by atoms with Gasteiger partial charge in [-0.2, -0.15) is 0 Å². The average Bonchev–Trinajstić information content (AvgIpc) is 2.48. The molecule has 2 aromatic rings. The van der Waals surface area contributed by atoms with Crippen LogP contribution in [0, 0.1) is 0 Å². The van der Waals surface area contributed by atoms with Crippen molar-refractivity contribution in [2.45, 2.75) is 40.0 Å². The summed E-state index contributed by atoms with van der Waals surface area (Å²) < 4.78 is 0. The molecule has 0 aliphatic heterocycles. The van der Waals surface area contributed by atoms with Crippen LogP contribution >= 0.6 is 0 Å². The summed E-state index contributed by atoms with van der Waals surface area (Å²) in [6.45, 7) is 6.24. The fourth-order valence-electron chi connectivity index (χ4n) is 2.00. The highest BCUT2D eigenvalue weighted by Crippen LogP contribution is 2.24. The molecule has 0 saturated heterocycles. The quantitative estimate of drug-likeness (QED) is 0.641. The van der Waals surface area contributed by atoms with E-state index >= 15 is 0 Å². The van der Waals surface area contributed by atoms with Crippen LogP contribution in [0.25, 0.3) is 11.1 Å². The molecular formula is C18H24. The van der Waals surface area contributed by atoms with Crippen LogP contribution in [0.5, 0.6) is 0 Å². The molecule has 0 fully saturated rings. The van der Waals surface area contributed by atoms with Crippen molar-refractivity contribution < 1.29 is 0 Å². The van der Waals surface area contributed by atoms with E-state index in [1.54, 1.807) is 0 Å². The van der Waals surface area contributed by atoms with Gasteiger partial charge in [0.25, 0.3) is 0 Å². The Morgan fingerprint density at radius 2 is 1.39 bits per heavy atom. The molecule has 2 aromatic carbocycles. The monoisotopic (exact) mass is 240 g/mol. The maximum absolute atomic E-state index is 2.25. The highest BCUT2D eigenvalue weighted by atomic mass is 14.1. The molecule has 0 spiro atoms. The van der Waals surface area contributed by atoms with E-state index in [-0.39, 0.29) is 0 Å². The van der Waals surface area contributed by atoms with Crippen molar-refractivity contribution in [3.8, 4) is 11.1 Å². The third-order valence-corrected chi connectivity index (χ3v) is 2.90. The van der Waals surface area contributed by atoms with Gasteiger partial charge in [-0.3, -0.25) is 0 Å². The van der Waals surface area contributed by atoms with Gasteiger partial charge in [0, 0.05) is 0 Å². The lowest BCUT2D eigenvalue weighted by Crippen LogP contribution is -1.89. The fourth-order valence-corrected chi connectivity index (χ4v) is 2.00. The van der Waals surface area contributed by atoms with Crippen molar-refractivity contribution in [3.63, 3.8) is 0 Å². The Hall–Kier alpha value is -1.56. The lowest BCUT2D eigenvalue weighted by atomic mass is 9.96. The van der Waals surface area contributed by atoms with Crippen LogP contribution in [0.3, 0.4) is 0 Å². The number of aryl methyl sites for hydroxylation is 1. The van der Waals surface area contributed by atoms with E-state index in [1.165, 1.54) is 36.0 Å². The summed E-state index contributed by atoms with van der Waals surface area (Å²) in [5, 5.41) is 0. The molecule has 0 aliphatic rings. The minimum atomic E-state index is 1.18. The number of unbranched alkanes of at least 4 members (excludes halogenated alkanes) is 1. The number of benzene rings is 2.